The van der Waals surface area contributed by atoms with Gasteiger partial charge in [-0.1, -0.05) is 42.5 Å². The van der Waals surface area contributed by atoms with E-state index in [1.54, 1.807) is 0 Å². The average Bonchev–Trinajstić information content (AvgIpc) is 2.27. The van der Waals surface area contributed by atoms with Gasteiger partial charge >= 0.3 is 0 Å². The zero-order chi connectivity index (χ0) is 12.5. The van der Waals surface area contributed by atoms with Crippen LogP contribution in [-0.4, -0.2) is 21.7 Å². The fourth-order valence-corrected chi connectivity index (χ4v) is 2.29. The molecule has 0 saturated carbocycles. The quantitative estimate of drug-likeness (QED) is 0.830. The van der Waals surface area contributed by atoms with Crippen molar-refractivity contribution in [1.29, 1.82) is 0 Å². The van der Waals surface area contributed by atoms with E-state index in [9.17, 15) is 0 Å². The molecule has 1 aromatic carbocycles. The highest BCUT2D eigenvalue weighted by Gasteiger charge is 2.36. The lowest BCUT2D eigenvalue weighted by atomic mass is 10.0. The Bertz CT molecular complexity index is 442. The number of thiocarbonyl (C=S) groups is 2. The summed E-state index contributed by atoms with van der Waals surface area (Å²) < 4.78 is 5.75. The van der Waals surface area contributed by atoms with Crippen molar-refractivity contribution in [2.24, 2.45) is 0 Å². The molecule has 0 radical (unpaired) electrons. The van der Waals surface area contributed by atoms with Crippen molar-refractivity contribution in [3.05, 3.63) is 35.9 Å². The van der Waals surface area contributed by atoms with Crippen molar-refractivity contribution in [2.75, 3.05) is 0 Å². The average molecular weight is 265 g/mol. The lowest BCUT2D eigenvalue weighted by Crippen LogP contribution is -2.59. The summed E-state index contributed by atoms with van der Waals surface area (Å²) in [5.74, 6) is 0. The van der Waals surface area contributed by atoms with Gasteiger partial charge in [0.15, 0.2) is 11.2 Å². The van der Waals surface area contributed by atoms with Gasteiger partial charge in [0.2, 0.25) is 0 Å². The standard InChI is InChI=1S/C13H15NOS2/c1-13(2)12(17)15-10(11(16)14-13)8-9-6-4-3-5-7-9/h3-7,10H,8H2,1-2H3,(H,14,16). The fourth-order valence-electron chi connectivity index (χ4n) is 1.73. The molecule has 1 aromatic rings. The van der Waals surface area contributed by atoms with Crippen LogP contribution < -0.4 is 5.32 Å². The summed E-state index contributed by atoms with van der Waals surface area (Å²) in [6.45, 7) is 3.95. The lowest BCUT2D eigenvalue weighted by molar-refractivity contribution is 0.214. The summed E-state index contributed by atoms with van der Waals surface area (Å²) in [7, 11) is 0. The van der Waals surface area contributed by atoms with Gasteiger partial charge in [-0.3, -0.25) is 0 Å². The van der Waals surface area contributed by atoms with Crippen molar-refractivity contribution in [1.82, 2.24) is 5.32 Å². The number of benzene rings is 1. The van der Waals surface area contributed by atoms with E-state index in [1.165, 1.54) is 5.56 Å². The largest absolute Gasteiger partial charge is 0.474 e. The molecule has 17 heavy (non-hydrogen) atoms. The Balaban J connectivity index is 2.09. The van der Waals surface area contributed by atoms with Gasteiger partial charge in [0.05, 0.1) is 0 Å². The first-order valence-corrected chi connectivity index (χ1v) is 6.38. The third-order valence-electron chi connectivity index (χ3n) is 2.75. The van der Waals surface area contributed by atoms with Crippen molar-refractivity contribution in [3.63, 3.8) is 0 Å². The van der Waals surface area contributed by atoms with Crippen LogP contribution in [0.15, 0.2) is 30.3 Å². The van der Waals surface area contributed by atoms with Gasteiger partial charge in [-0.05, 0) is 31.6 Å². The Morgan fingerprint density at radius 1 is 1.24 bits per heavy atom. The van der Waals surface area contributed by atoms with Crippen LogP contribution in [0.3, 0.4) is 0 Å². The zero-order valence-corrected chi connectivity index (χ0v) is 11.5. The van der Waals surface area contributed by atoms with Gasteiger partial charge in [0.25, 0.3) is 0 Å². The van der Waals surface area contributed by atoms with Crippen LogP contribution in [0.1, 0.15) is 19.4 Å². The summed E-state index contributed by atoms with van der Waals surface area (Å²) in [4.78, 5) is 0.729. The summed E-state index contributed by atoms with van der Waals surface area (Å²) in [6.07, 6.45) is 0.607. The third kappa shape index (κ3) is 2.82. The number of hydrogen-bond acceptors (Lipinski definition) is 3. The minimum atomic E-state index is -0.348. The second kappa shape index (κ2) is 4.70. The highest BCUT2D eigenvalue weighted by molar-refractivity contribution is 7.81. The molecule has 1 atom stereocenters. The number of rotatable bonds is 2. The molecule has 1 aliphatic rings. The Kier molecular flexibility index (Phi) is 3.45. The molecule has 2 nitrogen and oxygen atoms in total. The highest BCUT2D eigenvalue weighted by Crippen LogP contribution is 2.19. The maximum Gasteiger partial charge on any atom is 0.185 e. The molecular formula is C13H15NOS2. The first kappa shape index (κ1) is 12.5. The van der Waals surface area contributed by atoms with Crippen LogP contribution in [0.4, 0.5) is 0 Å². The first-order chi connectivity index (χ1) is 7.99. The van der Waals surface area contributed by atoms with E-state index < -0.39 is 0 Å². The molecule has 4 heteroatoms. The van der Waals surface area contributed by atoms with E-state index in [4.69, 9.17) is 29.2 Å². The monoisotopic (exact) mass is 265 g/mol. The normalized spacial score (nSPS) is 22.8. The lowest BCUT2D eigenvalue weighted by Gasteiger charge is -2.38. The molecule has 1 N–H and O–H groups in total. The third-order valence-corrected chi connectivity index (χ3v) is 3.72. The van der Waals surface area contributed by atoms with Crippen LogP contribution in [0.25, 0.3) is 0 Å². The van der Waals surface area contributed by atoms with Gasteiger partial charge in [-0.15, -0.1) is 0 Å². The van der Waals surface area contributed by atoms with Crippen LogP contribution >= 0.6 is 24.4 Å². The Morgan fingerprint density at radius 2 is 1.88 bits per heavy atom. The molecule has 0 aromatic heterocycles. The number of ether oxygens (including phenoxy) is 1. The van der Waals surface area contributed by atoms with E-state index in [-0.39, 0.29) is 11.6 Å². The van der Waals surface area contributed by atoms with E-state index in [2.05, 4.69) is 17.4 Å². The predicted octanol–water partition coefficient (Wildman–Crippen LogP) is 2.65. The zero-order valence-electron chi connectivity index (χ0n) is 9.90. The molecule has 0 bridgehead atoms. The van der Waals surface area contributed by atoms with Gasteiger partial charge in [0, 0.05) is 6.42 Å². The van der Waals surface area contributed by atoms with Gasteiger partial charge < -0.3 is 10.1 Å². The summed E-state index contributed by atoms with van der Waals surface area (Å²) >= 11 is 10.6. The second-order valence-electron chi connectivity index (χ2n) is 4.70. The SMILES string of the molecule is CC1(C)NC(=S)C(Cc2ccccc2)OC1=S. The molecule has 1 fully saturated rings. The van der Waals surface area contributed by atoms with Crippen molar-refractivity contribution < 1.29 is 4.74 Å². The van der Waals surface area contributed by atoms with Crippen molar-refractivity contribution in [2.45, 2.75) is 31.9 Å². The van der Waals surface area contributed by atoms with Crippen molar-refractivity contribution >= 4 is 34.5 Å². The number of nitrogens with one attached hydrogen (secondary N) is 1. The number of hydrogen-bond donors (Lipinski definition) is 1. The molecule has 0 spiro atoms. The molecule has 2 rings (SSSR count). The predicted molar refractivity (Wildman–Crippen MR) is 77.4 cm³/mol. The number of morpholine rings is 1. The maximum absolute atomic E-state index is 5.75. The van der Waals surface area contributed by atoms with Crippen LogP contribution in [0.5, 0.6) is 0 Å². The summed E-state index contributed by atoms with van der Waals surface area (Å²) in [6, 6.07) is 10.1. The Labute approximate surface area is 112 Å². The maximum atomic E-state index is 5.75. The van der Waals surface area contributed by atoms with E-state index in [0.29, 0.717) is 5.05 Å². The van der Waals surface area contributed by atoms with Gasteiger partial charge in [-0.25, -0.2) is 0 Å². The summed E-state index contributed by atoms with van der Waals surface area (Å²) in [5, 5.41) is 3.82. The van der Waals surface area contributed by atoms with Gasteiger partial charge in [0.1, 0.15) is 10.5 Å². The molecule has 1 heterocycles. The summed E-state index contributed by atoms with van der Waals surface area (Å²) in [5.41, 5.74) is 0.851. The fraction of sp³-hybridized carbons (Fsp3) is 0.385. The van der Waals surface area contributed by atoms with Crippen LogP contribution in [0.2, 0.25) is 0 Å². The topological polar surface area (TPSA) is 21.3 Å². The Morgan fingerprint density at radius 3 is 2.53 bits per heavy atom. The molecule has 1 aliphatic heterocycles. The smallest absolute Gasteiger partial charge is 0.185 e. The van der Waals surface area contributed by atoms with E-state index in [1.807, 2.05) is 32.0 Å². The molecule has 1 unspecified atom stereocenters. The Hall–Kier alpha value is -1.00. The van der Waals surface area contributed by atoms with Crippen LogP contribution in [-0.2, 0) is 11.2 Å². The second-order valence-corrected chi connectivity index (χ2v) is 5.51. The van der Waals surface area contributed by atoms with Gasteiger partial charge in [-0.2, -0.15) is 0 Å². The highest BCUT2D eigenvalue weighted by atomic mass is 32.1. The minimum Gasteiger partial charge on any atom is -0.474 e. The van der Waals surface area contributed by atoms with Crippen molar-refractivity contribution in [3.8, 4) is 0 Å². The molecule has 0 aliphatic carbocycles. The molecule has 1 saturated heterocycles. The molecule has 0 amide bonds. The molecule has 90 valence electrons. The molecular weight excluding hydrogens is 250 g/mol. The van der Waals surface area contributed by atoms with Crippen LogP contribution in [0, 0.1) is 0 Å². The van der Waals surface area contributed by atoms with E-state index in [0.717, 1.165) is 11.4 Å². The van der Waals surface area contributed by atoms with E-state index >= 15 is 0 Å². The minimum absolute atomic E-state index is 0.145. The first-order valence-electron chi connectivity index (χ1n) is 5.56.